The first-order valence-corrected chi connectivity index (χ1v) is 11.8. The van der Waals surface area contributed by atoms with Crippen LogP contribution < -0.4 is 5.32 Å². The Bertz CT molecular complexity index is 789. The third-order valence-electron chi connectivity index (χ3n) is 6.98. The van der Waals surface area contributed by atoms with Crippen LogP contribution >= 0.6 is 0 Å². The first-order valence-electron chi connectivity index (χ1n) is 11.8. The summed E-state index contributed by atoms with van der Waals surface area (Å²) in [4.78, 5) is 30.6. The van der Waals surface area contributed by atoms with Crippen molar-refractivity contribution in [1.82, 2.24) is 15.1 Å². The predicted octanol–water partition coefficient (Wildman–Crippen LogP) is 2.41. The molecule has 1 aromatic rings. The first kappa shape index (κ1) is 23.1. The van der Waals surface area contributed by atoms with E-state index in [1.807, 2.05) is 0 Å². The molecule has 3 fully saturated rings. The van der Waals surface area contributed by atoms with Crippen molar-refractivity contribution < 1.29 is 23.5 Å². The maximum atomic E-state index is 13.5. The summed E-state index contributed by atoms with van der Waals surface area (Å²) in [5, 5.41) is 3.01. The van der Waals surface area contributed by atoms with E-state index in [0.29, 0.717) is 30.9 Å². The van der Waals surface area contributed by atoms with E-state index in [1.54, 1.807) is 4.90 Å². The molecule has 2 heterocycles. The molecule has 1 aromatic carbocycles. The number of hydrogen-bond acceptors (Lipinski definition) is 5. The summed E-state index contributed by atoms with van der Waals surface area (Å²) in [6.07, 6.45) is 4.15. The number of hydrogen-bond donors (Lipinski definition) is 1. The largest absolute Gasteiger partial charge is 0.379 e. The van der Waals surface area contributed by atoms with Gasteiger partial charge in [-0.15, -0.1) is 0 Å². The number of nitrogens with one attached hydrogen (secondary N) is 1. The molecular weight excluding hydrogens is 413 g/mol. The molecule has 3 aliphatic rings. The highest BCUT2D eigenvalue weighted by Gasteiger charge is 2.53. The van der Waals surface area contributed by atoms with Crippen molar-refractivity contribution in [3.8, 4) is 0 Å². The zero-order valence-corrected chi connectivity index (χ0v) is 18.9. The van der Waals surface area contributed by atoms with Crippen LogP contribution in [0.4, 0.5) is 4.39 Å². The number of benzene rings is 1. The molecule has 1 saturated carbocycles. The lowest BCUT2D eigenvalue weighted by Gasteiger charge is -2.43. The molecule has 1 atom stereocenters. The molecule has 32 heavy (non-hydrogen) atoms. The summed E-state index contributed by atoms with van der Waals surface area (Å²) in [6, 6.07) is 4.84. The summed E-state index contributed by atoms with van der Waals surface area (Å²) in [7, 11) is 0. The Morgan fingerprint density at radius 1 is 1.16 bits per heavy atom. The average molecular weight is 448 g/mol. The van der Waals surface area contributed by atoms with Gasteiger partial charge in [-0.05, 0) is 68.8 Å². The fourth-order valence-electron chi connectivity index (χ4n) is 4.97. The van der Waals surface area contributed by atoms with Gasteiger partial charge >= 0.3 is 0 Å². The van der Waals surface area contributed by atoms with Gasteiger partial charge in [-0.1, -0.05) is 6.92 Å². The summed E-state index contributed by atoms with van der Waals surface area (Å²) < 4.78 is 25.0. The van der Waals surface area contributed by atoms with Gasteiger partial charge in [0.05, 0.1) is 19.8 Å². The second-order valence-electron chi connectivity index (χ2n) is 9.24. The molecule has 0 bridgehead atoms. The number of nitrogens with zero attached hydrogens (tertiary/aromatic N) is 2. The zero-order valence-electron chi connectivity index (χ0n) is 18.9. The van der Waals surface area contributed by atoms with Crippen molar-refractivity contribution in [1.29, 1.82) is 0 Å². The number of amides is 2. The van der Waals surface area contributed by atoms with E-state index in [-0.39, 0.29) is 18.4 Å². The van der Waals surface area contributed by atoms with Crippen LogP contribution in [0.2, 0.25) is 0 Å². The van der Waals surface area contributed by atoms with Gasteiger partial charge in [0.15, 0.2) is 0 Å². The number of ether oxygens (including phenoxy) is 2. The molecular formula is C24H34FN3O4. The number of carbonyl (C=O) groups excluding carboxylic acids is 2. The highest BCUT2D eigenvalue weighted by Crippen LogP contribution is 2.43. The molecule has 0 aromatic heterocycles. The molecule has 4 rings (SSSR count). The van der Waals surface area contributed by atoms with E-state index in [0.717, 1.165) is 52.1 Å². The van der Waals surface area contributed by atoms with E-state index in [2.05, 4.69) is 17.1 Å². The van der Waals surface area contributed by atoms with Crippen molar-refractivity contribution in [2.45, 2.75) is 50.8 Å². The Morgan fingerprint density at radius 2 is 1.84 bits per heavy atom. The second kappa shape index (κ2) is 10.3. The van der Waals surface area contributed by atoms with Gasteiger partial charge in [-0.3, -0.25) is 19.4 Å². The smallest absolute Gasteiger partial charge is 0.256 e. The minimum absolute atomic E-state index is 0.182. The van der Waals surface area contributed by atoms with Gasteiger partial charge in [-0.2, -0.15) is 0 Å². The molecule has 7 nitrogen and oxygen atoms in total. The summed E-state index contributed by atoms with van der Waals surface area (Å²) in [6.45, 7) is 7.21. The molecule has 1 N–H and O–H groups in total. The van der Waals surface area contributed by atoms with Gasteiger partial charge in [0.2, 0.25) is 5.91 Å². The number of carbonyl (C=O) groups is 2. The highest BCUT2D eigenvalue weighted by atomic mass is 19.1. The van der Waals surface area contributed by atoms with Gasteiger partial charge in [0, 0.05) is 25.2 Å². The lowest BCUT2D eigenvalue weighted by Crippen LogP contribution is -2.57. The molecule has 1 aliphatic carbocycles. The predicted molar refractivity (Wildman–Crippen MR) is 118 cm³/mol. The van der Waals surface area contributed by atoms with Crippen LogP contribution in [-0.2, 0) is 14.3 Å². The monoisotopic (exact) mass is 447 g/mol. The van der Waals surface area contributed by atoms with Crippen LogP contribution in [0.15, 0.2) is 24.3 Å². The van der Waals surface area contributed by atoms with Gasteiger partial charge in [0.25, 0.3) is 5.91 Å². The second-order valence-corrected chi connectivity index (χ2v) is 9.24. The fraction of sp³-hybridized carbons (Fsp3) is 0.667. The van der Waals surface area contributed by atoms with Crippen molar-refractivity contribution in [3.63, 3.8) is 0 Å². The summed E-state index contributed by atoms with van der Waals surface area (Å²) in [5.41, 5.74) is -0.381. The van der Waals surface area contributed by atoms with Crippen molar-refractivity contribution >= 4 is 11.8 Å². The molecule has 2 amide bonds. The lowest BCUT2D eigenvalue weighted by molar-refractivity contribution is -0.127. The Labute approximate surface area is 189 Å². The molecule has 1 spiro atoms. The van der Waals surface area contributed by atoms with Crippen LogP contribution in [-0.4, -0.2) is 79.4 Å². The SMILES string of the molecule is CC1CCC2(CC1)OCC(C(=O)NCCCN1CCOCC1)N2C(=O)c1ccc(F)cc1. The molecule has 176 valence electrons. The average Bonchev–Trinajstić information content (AvgIpc) is 3.18. The molecule has 2 aliphatic heterocycles. The zero-order chi connectivity index (χ0) is 22.6. The Kier molecular flexibility index (Phi) is 7.43. The van der Waals surface area contributed by atoms with E-state index >= 15 is 0 Å². The van der Waals surface area contributed by atoms with E-state index in [1.165, 1.54) is 24.3 Å². The summed E-state index contributed by atoms with van der Waals surface area (Å²) >= 11 is 0. The Morgan fingerprint density at radius 3 is 2.53 bits per heavy atom. The van der Waals surface area contributed by atoms with Gasteiger partial charge in [0.1, 0.15) is 17.6 Å². The first-order chi connectivity index (χ1) is 15.5. The minimum Gasteiger partial charge on any atom is -0.379 e. The minimum atomic E-state index is -0.756. The van der Waals surface area contributed by atoms with Crippen molar-refractivity contribution in [3.05, 3.63) is 35.6 Å². The van der Waals surface area contributed by atoms with E-state index in [9.17, 15) is 14.0 Å². The number of morpholine rings is 1. The molecule has 8 heteroatoms. The van der Waals surface area contributed by atoms with Gasteiger partial charge in [-0.25, -0.2) is 4.39 Å². The Balaban J connectivity index is 1.42. The molecule has 0 radical (unpaired) electrons. The van der Waals surface area contributed by atoms with Crippen molar-refractivity contribution in [2.24, 2.45) is 5.92 Å². The number of halogens is 1. The molecule has 1 unspecified atom stereocenters. The standard InChI is InChI=1S/C24H34FN3O4/c1-18-7-9-24(10-8-18)28(23(30)19-3-5-20(25)6-4-19)21(17-32-24)22(29)26-11-2-12-27-13-15-31-16-14-27/h3-6,18,21H,2,7-17H2,1H3,(H,26,29). The van der Waals surface area contributed by atoms with E-state index in [4.69, 9.17) is 9.47 Å². The Hall–Kier alpha value is -2.03. The van der Waals surface area contributed by atoms with Crippen LogP contribution in [0.3, 0.4) is 0 Å². The maximum absolute atomic E-state index is 13.5. The third-order valence-corrected chi connectivity index (χ3v) is 6.98. The van der Waals surface area contributed by atoms with Crippen LogP contribution in [0.5, 0.6) is 0 Å². The van der Waals surface area contributed by atoms with Crippen LogP contribution in [0.25, 0.3) is 0 Å². The van der Waals surface area contributed by atoms with Crippen molar-refractivity contribution in [2.75, 3.05) is 46.0 Å². The quantitative estimate of drug-likeness (QED) is 0.679. The third kappa shape index (κ3) is 5.13. The van der Waals surface area contributed by atoms with Crippen LogP contribution in [0.1, 0.15) is 49.4 Å². The van der Waals surface area contributed by atoms with Gasteiger partial charge < -0.3 is 14.8 Å². The number of rotatable bonds is 6. The normalized spacial score (nSPS) is 28.8. The topological polar surface area (TPSA) is 71.1 Å². The lowest BCUT2D eigenvalue weighted by atomic mass is 9.83. The van der Waals surface area contributed by atoms with E-state index < -0.39 is 17.6 Å². The maximum Gasteiger partial charge on any atom is 0.256 e. The summed E-state index contributed by atoms with van der Waals surface area (Å²) in [5.74, 6) is -0.279. The highest BCUT2D eigenvalue weighted by molar-refractivity contribution is 5.98. The molecule has 2 saturated heterocycles. The van der Waals surface area contributed by atoms with Crippen LogP contribution in [0, 0.1) is 11.7 Å². The fourth-order valence-corrected chi connectivity index (χ4v) is 4.97.